The van der Waals surface area contributed by atoms with Crippen LogP contribution < -0.4 is 10.2 Å². The van der Waals surface area contributed by atoms with E-state index in [0.29, 0.717) is 0 Å². The van der Waals surface area contributed by atoms with Crippen LogP contribution in [0, 0.1) is 5.92 Å². The number of benzene rings is 1. The predicted molar refractivity (Wildman–Crippen MR) is 87.4 cm³/mol. The third-order valence-corrected chi connectivity index (χ3v) is 4.59. The number of hydrogen-bond donors (Lipinski definition) is 1. The largest absolute Gasteiger partial charge is 0.369 e. The summed E-state index contributed by atoms with van der Waals surface area (Å²) in [6.45, 7) is 4.00. The Labute approximate surface area is 126 Å². The Morgan fingerprint density at radius 1 is 1.45 bits per heavy atom. The molecule has 0 unspecified atom stereocenters. The van der Waals surface area contributed by atoms with Crippen molar-refractivity contribution in [1.82, 2.24) is 5.32 Å². The van der Waals surface area contributed by atoms with E-state index in [4.69, 9.17) is 0 Å². The van der Waals surface area contributed by atoms with Gasteiger partial charge in [0.2, 0.25) is 5.91 Å². The predicted octanol–water partition coefficient (Wildman–Crippen LogP) is 2.77. The molecule has 1 aromatic rings. The van der Waals surface area contributed by atoms with Gasteiger partial charge in [0.1, 0.15) is 0 Å². The molecule has 0 spiro atoms. The highest BCUT2D eigenvalue weighted by atomic mass is 32.2. The fourth-order valence-electron chi connectivity index (χ4n) is 2.64. The Morgan fingerprint density at radius 3 is 2.90 bits per heavy atom. The minimum absolute atomic E-state index is 0.0945. The summed E-state index contributed by atoms with van der Waals surface area (Å²) in [4.78, 5) is 14.5. The number of hydrogen-bond acceptors (Lipinski definition) is 3. The van der Waals surface area contributed by atoms with Crippen molar-refractivity contribution in [3.8, 4) is 0 Å². The molecule has 1 N–H and O–H groups in total. The lowest BCUT2D eigenvalue weighted by Crippen LogP contribution is -2.49. The van der Waals surface area contributed by atoms with E-state index in [1.54, 1.807) is 11.8 Å². The zero-order valence-electron chi connectivity index (χ0n) is 12.3. The molecule has 1 heterocycles. The van der Waals surface area contributed by atoms with Crippen LogP contribution in [0.4, 0.5) is 5.69 Å². The second kappa shape index (κ2) is 7.58. The quantitative estimate of drug-likeness (QED) is 0.906. The first-order valence-corrected chi connectivity index (χ1v) is 8.69. The van der Waals surface area contributed by atoms with Crippen molar-refractivity contribution in [2.75, 3.05) is 30.0 Å². The van der Waals surface area contributed by atoms with Crippen molar-refractivity contribution in [1.29, 1.82) is 0 Å². The SMILES string of the molecule is CSC[C@@H](C)C(=O)N[C@H]1CCCN(c2ccccc2)C1. The summed E-state index contributed by atoms with van der Waals surface area (Å²) in [5.41, 5.74) is 1.25. The maximum Gasteiger partial charge on any atom is 0.223 e. The fourth-order valence-corrected chi connectivity index (χ4v) is 3.29. The van der Waals surface area contributed by atoms with E-state index in [1.807, 2.05) is 19.2 Å². The van der Waals surface area contributed by atoms with Crippen LogP contribution in [-0.4, -0.2) is 37.0 Å². The van der Waals surface area contributed by atoms with E-state index in [9.17, 15) is 4.79 Å². The number of thioether (sulfide) groups is 1. The number of piperidine rings is 1. The Morgan fingerprint density at radius 2 is 2.20 bits per heavy atom. The molecular weight excluding hydrogens is 268 g/mol. The molecule has 1 aliphatic heterocycles. The lowest BCUT2D eigenvalue weighted by molar-refractivity contribution is -0.124. The molecular formula is C16H24N2OS. The first kappa shape index (κ1) is 15.2. The van der Waals surface area contributed by atoms with Gasteiger partial charge in [0.15, 0.2) is 0 Å². The first-order valence-electron chi connectivity index (χ1n) is 7.30. The van der Waals surface area contributed by atoms with Crippen molar-refractivity contribution < 1.29 is 4.79 Å². The number of rotatable bonds is 5. The van der Waals surface area contributed by atoms with Crippen molar-refractivity contribution >= 4 is 23.4 Å². The fraction of sp³-hybridized carbons (Fsp3) is 0.562. The molecule has 0 aromatic heterocycles. The topological polar surface area (TPSA) is 32.3 Å². The van der Waals surface area contributed by atoms with Crippen molar-refractivity contribution in [3.63, 3.8) is 0 Å². The van der Waals surface area contributed by atoms with E-state index in [1.165, 1.54) is 5.69 Å². The van der Waals surface area contributed by atoms with Gasteiger partial charge < -0.3 is 10.2 Å². The average Bonchev–Trinajstić information content (AvgIpc) is 2.48. The van der Waals surface area contributed by atoms with Crippen molar-refractivity contribution in [2.45, 2.75) is 25.8 Å². The monoisotopic (exact) mass is 292 g/mol. The summed E-state index contributed by atoms with van der Waals surface area (Å²) in [6.07, 6.45) is 4.26. The molecule has 4 heteroatoms. The Bertz CT molecular complexity index is 424. The van der Waals surface area contributed by atoms with Crippen LogP contribution in [0.15, 0.2) is 30.3 Å². The highest BCUT2D eigenvalue weighted by molar-refractivity contribution is 7.98. The zero-order valence-corrected chi connectivity index (χ0v) is 13.2. The molecule has 3 nitrogen and oxygen atoms in total. The highest BCUT2D eigenvalue weighted by Gasteiger charge is 2.23. The molecule has 0 radical (unpaired) electrons. The number of nitrogens with one attached hydrogen (secondary N) is 1. The molecule has 20 heavy (non-hydrogen) atoms. The number of carbonyl (C=O) groups excluding carboxylic acids is 1. The second-order valence-corrected chi connectivity index (χ2v) is 6.40. The maximum absolute atomic E-state index is 12.1. The number of amides is 1. The van der Waals surface area contributed by atoms with Crippen LogP contribution in [0.3, 0.4) is 0 Å². The molecule has 1 fully saturated rings. The summed E-state index contributed by atoms with van der Waals surface area (Å²) < 4.78 is 0. The lowest BCUT2D eigenvalue weighted by atomic mass is 10.0. The number of anilines is 1. The van der Waals surface area contributed by atoms with Gasteiger partial charge in [-0.25, -0.2) is 0 Å². The summed E-state index contributed by atoms with van der Waals surface area (Å²) in [5, 5.41) is 3.21. The Balaban J connectivity index is 1.89. The third-order valence-electron chi connectivity index (χ3n) is 3.75. The van der Waals surface area contributed by atoms with Gasteiger partial charge in [-0.2, -0.15) is 11.8 Å². The van der Waals surface area contributed by atoms with E-state index in [0.717, 1.165) is 31.7 Å². The van der Waals surface area contributed by atoms with Gasteiger partial charge in [0.05, 0.1) is 0 Å². The highest BCUT2D eigenvalue weighted by Crippen LogP contribution is 2.19. The van der Waals surface area contributed by atoms with Crippen LogP contribution in [0.5, 0.6) is 0 Å². The third kappa shape index (κ3) is 4.17. The summed E-state index contributed by atoms with van der Waals surface area (Å²) in [5.74, 6) is 1.18. The van der Waals surface area contributed by atoms with Gasteiger partial charge in [0, 0.05) is 36.5 Å². The smallest absolute Gasteiger partial charge is 0.223 e. The molecule has 1 saturated heterocycles. The minimum Gasteiger partial charge on any atom is -0.369 e. The number of nitrogens with zero attached hydrogens (tertiary/aromatic N) is 1. The van der Waals surface area contributed by atoms with Crippen molar-refractivity contribution in [2.24, 2.45) is 5.92 Å². The summed E-state index contributed by atoms with van der Waals surface area (Å²) in [7, 11) is 0. The van der Waals surface area contributed by atoms with Gasteiger partial charge >= 0.3 is 0 Å². The van der Waals surface area contributed by atoms with E-state index >= 15 is 0 Å². The lowest BCUT2D eigenvalue weighted by Gasteiger charge is -2.35. The van der Waals surface area contributed by atoms with E-state index in [2.05, 4.69) is 34.5 Å². The maximum atomic E-state index is 12.1. The van der Waals surface area contributed by atoms with Gasteiger partial charge in [-0.15, -0.1) is 0 Å². The van der Waals surface area contributed by atoms with Gasteiger partial charge in [-0.3, -0.25) is 4.79 Å². The van der Waals surface area contributed by atoms with Gasteiger partial charge in [0.25, 0.3) is 0 Å². The van der Waals surface area contributed by atoms with E-state index < -0.39 is 0 Å². The standard InChI is InChI=1S/C16H24N2OS/c1-13(12-20-2)16(19)17-14-7-6-10-18(11-14)15-8-4-3-5-9-15/h3-5,8-9,13-14H,6-7,10-12H2,1-2H3,(H,17,19)/t13-,14+/m1/s1. The number of para-hydroxylation sites is 1. The number of carbonyl (C=O) groups is 1. The van der Waals surface area contributed by atoms with Crippen LogP contribution in [0.2, 0.25) is 0 Å². The Hall–Kier alpha value is -1.16. The zero-order chi connectivity index (χ0) is 14.4. The summed E-state index contributed by atoms with van der Waals surface area (Å²) >= 11 is 1.73. The molecule has 1 amide bonds. The van der Waals surface area contributed by atoms with Crippen LogP contribution >= 0.6 is 11.8 Å². The van der Waals surface area contributed by atoms with Crippen LogP contribution in [0.25, 0.3) is 0 Å². The van der Waals surface area contributed by atoms with Gasteiger partial charge in [-0.05, 0) is 31.2 Å². The molecule has 110 valence electrons. The molecule has 1 aliphatic rings. The van der Waals surface area contributed by atoms with Crippen LogP contribution in [-0.2, 0) is 4.79 Å². The molecule has 0 aliphatic carbocycles. The normalized spacial score (nSPS) is 20.5. The molecule has 1 aromatic carbocycles. The molecule has 0 bridgehead atoms. The van der Waals surface area contributed by atoms with Gasteiger partial charge in [-0.1, -0.05) is 25.1 Å². The molecule has 0 saturated carbocycles. The summed E-state index contributed by atoms with van der Waals surface area (Å²) in [6, 6.07) is 10.7. The van der Waals surface area contributed by atoms with E-state index in [-0.39, 0.29) is 17.9 Å². The average molecular weight is 292 g/mol. The first-order chi connectivity index (χ1) is 9.70. The minimum atomic E-state index is 0.0945. The molecule has 2 atom stereocenters. The second-order valence-electron chi connectivity index (χ2n) is 5.49. The van der Waals surface area contributed by atoms with Crippen LogP contribution in [0.1, 0.15) is 19.8 Å². The van der Waals surface area contributed by atoms with Crippen molar-refractivity contribution in [3.05, 3.63) is 30.3 Å². The molecule has 2 rings (SSSR count). The Kier molecular flexibility index (Phi) is 5.77.